The molecule has 3 rings (SSSR count). The second-order valence-electron chi connectivity index (χ2n) is 4.61. The SMILES string of the molecule is N#CC(Nc1ccccc1)c1ccc(Br)c2cccnc12. The van der Waals surface area contributed by atoms with Crippen molar-refractivity contribution in [1.29, 1.82) is 5.26 Å². The van der Waals surface area contributed by atoms with Crippen molar-refractivity contribution in [2.45, 2.75) is 6.04 Å². The number of halogens is 1. The van der Waals surface area contributed by atoms with E-state index in [0.29, 0.717) is 0 Å². The van der Waals surface area contributed by atoms with Gasteiger partial charge in [0.2, 0.25) is 0 Å². The van der Waals surface area contributed by atoms with Crippen LogP contribution in [-0.4, -0.2) is 4.98 Å². The standard InChI is InChI=1S/C17H12BrN3/c18-15-9-8-14(17-13(15)7-4-10-20-17)16(11-19)21-12-5-2-1-3-6-12/h1-10,16,21H. The molecule has 4 heteroatoms. The molecule has 3 nitrogen and oxygen atoms in total. The Morgan fingerprint density at radius 1 is 1.05 bits per heavy atom. The Hall–Kier alpha value is -2.38. The van der Waals surface area contributed by atoms with E-state index in [9.17, 15) is 5.26 Å². The lowest BCUT2D eigenvalue weighted by molar-refractivity contribution is 1.00. The fourth-order valence-corrected chi connectivity index (χ4v) is 2.73. The summed E-state index contributed by atoms with van der Waals surface area (Å²) in [5.41, 5.74) is 2.62. The van der Waals surface area contributed by atoms with Gasteiger partial charge < -0.3 is 5.32 Å². The van der Waals surface area contributed by atoms with E-state index in [-0.39, 0.29) is 0 Å². The van der Waals surface area contributed by atoms with Crippen LogP contribution in [0.25, 0.3) is 10.9 Å². The van der Waals surface area contributed by atoms with Gasteiger partial charge in [0.05, 0.1) is 11.6 Å². The summed E-state index contributed by atoms with van der Waals surface area (Å²) in [4.78, 5) is 4.43. The van der Waals surface area contributed by atoms with Crippen LogP contribution in [0.4, 0.5) is 5.69 Å². The van der Waals surface area contributed by atoms with Crippen molar-refractivity contribution >= 4 is 32.5 Å². The van der Waals surface area contributed by atoms with E-state index in [1.54, 1.807) is 6.20 Å². The molecule has 0 saturated heterocycles. The van der Waals surface area contributed by atoms with Crippen molar-refractivity contribution in [2.75, 3.05) is 5.32 Å². The summed E-state index contributed by atoms with van der Waals surface area (Å²) in [7, 11) is 0. The predicted molar refractivity (Wildman–Crippen MR) is 87.9 cm³/mol. The monoisotopic (exact) mass is 337 g/mol. The Balaban J connectivity index is 2.06. The molecule has 0 aliphatic heterocycles. The van der Waals surface area contributed by atoms with E-state index >= 15 is 0 Å². The first kappa shape index (κ1) is 13.6. The number of nitrogens with one attached hydrogen (secondary N) is 1. The molecule has 1 unspecified atom stereocenters. The number of nitriles is 1. The molecule has 0 amide bonds. The lowest BCUT2D eigenvalue weighted by Gasteiger charge is -2.15. The number of rotatable bonds is 3. The van der Waals surface area contributed by atoms with Crippen molar-refractivity contribution in [3.8, 4) is 6.07 Å². The normalized spacial score (nSPS) is 11.8. The van der Waals surface area contributed by atoms with Crippen LogP contribution in [0.5, 0.6) is 0 Å². The first-order chi connectivity index (χ1) is 10.3. The molecule has 1 heterocycles. The Labute approximate surface area is 131 Å². The molecular formula is C17H12BrN3. The zero-order valence-corrected chi connectivity index (χ0v) is 12.7. The van der Waals surface area contributed by atoms with Crippen molar-refractivity contribution in [1.82, 2.24) is 4.98 Å². The molecule has 0 spiro atoms. The number of aromatic nitrogens is 1. The van der Waals surface area contributed by atoms with Gasteiger partial charge in [0, 0.05) is 27.3 Å². The maximum atomic E-state index is 9.52. The van der Waals surface area contributed by atoms with Gasteiger partial charge in [-0.3, -0.25) is 4.98 Å². The van der Waals surface area contributed by atoms with Crippen LogP contribution in [0, 0.1) is 11.3 Å². The van der Waals surface area contributed by atoms with Gasteiger partial charge in [-0.15, -0.1) is 0 Å². The lowest BCUT2D eigenvalue weighted by Crippen LogP contribution is -2.09. The van der Waals surface area contributed by atoms with Gasteiger partial charge in [0.25, 0.3) is 0 Å². The first-order valence-electron chi connectivity index (χ1n) is 6.54. The Bertz CT molecular complexity index is 809. The summed E-state index contributed by atoms with van der Waals surface area (Å²) < 4.78 is 0.978. The fraction of sp³-hybridized carbons (Fsp3) is 0.0588. The molecule has 1 N–H and O–H groups in total. The third kappa shape index (κ3) is 2.74. The molecular weight excluding hydrogens is 326 g/mol. The van der Waals surface area contributed by atoms with E-state index in [1.165, 1.54) is 0 Å². The molecule has 0 aliphatic rings. The number of hydrogen-bond acceptors (Lipinski definition) is 3. The van der Waals surface area contributed by atoms with E-state index in [2.05, 4.69) is 32.3 Å². The van der Waals surface area contributed by atoms with Crippen LogP contribution >= 0.6 is 15.9 Å². The van der Waals surface area contributed by atoms with Crippen molar-refractivity contribution in [3.05, 3.63) is 70.8 Å². The molecule has 3 aromatic rings. The minimum absolute atomic E-state index is 0.446. The van der Waals surface area contributed by atoms with Crippen LogP contribution in [0.15, 0.2) is 65.3 Å². The highest BCUT2D eigenvalue weighted by molar-refractivity contribution is 9.10. The maximum absolute atomic E-state index is 9.52. The van der Waals surface area contributed by atoms with Gasteiger partial charge >= 0.3 is 0 Å². The number of pyridine rings is 1. The maximum Gasteiger partial charge on any atom is 0.142 e. The summed E-state index contributed by atoms with van der Waals surface area (Å²) in [5.74, 6) is 0. The highest BCUT2D eigenvalue weighted by Crippen LogP contribution is 2.30. The van der Waals surface area contributed by atoms with E-state index in [1.807, 2.05) is 54.6 Å². The van der Waals surface area contributed by atoms with Crippen molar-refractivity contribution in [2.24, 2.45) is 0 Å². The molecule has 0 saturated carbocycles. The zero-order valence-electron chi connectivity index (χ0n) is 11.1. The smallest absolute Gasteiger partial charge is 0.142 e. The molecule has 0 aliphatic carbocycles. The minimum atomic E-state index is -0.446. The van der Waals surface area contributed by atoms with Crippen LogP contribution < -0.4 is 5.32 Å². The van der Waals surface area contributed by atoms with Gasteiger partial charge in [-0.05, 0) is 24.3 Å². The summed E-state index contributed by atoms with van der Waals surface area (Å²) in [6.07, 6.45) is 1.75. The third-order valence-electron chi connectivity index (χ3n) is 3.27. The Morgan fingerprint density at radius 3 is 2.62 bits per heavy atom. The van der Waals surface area contributed by atoms with Crippen molar-refractivity contribution in [3.63, 3.8) is 0 Å². The topological polar surface area (TPSA) is 48.7 Å². The molecule has 1 aromatic heterocycles. The van der Waals surface area contributed by atoms with Crippen LogP contribution in [0.1, 0.15) is 11.6 Å². The summed E-state index contributed by atoms with van der Waals surface area (Å²) in [6.45, 7) is 0. The van der Waals surface area contributed by atoms with Gasteiger partial charge in [0.1, 0.15) is 6.04 Å². The summed E-state index contributed by atoms with van der Waals surface area (Å²) >= 11 is 3.53. The van der Waals surface area contributed by atoms with Crippen LogP contribution in [0.2, 0.25) is 0 Å². The van der Waals surface area contributed by atoms with Crippen LogP contribution in [-0.2, 0) is 0 Å². The Kier molecular flexibility index (Phi) is 3.85. The quantitative estimate of drug-likeness (QED) is 0.755. The number of fused-ring (bicyclic) bond motifs is 1. The largest absolute Gasteiger partial charge is 0.366 e. The number of anilines is 1. The summed E-state index contributed by atoms with van der Waals surface area (Å²) in [6, 6.07) is 19.4. The van der Waals surface area contributed by atoms with Crippen molar-refractivity contribution < 1.29 is 0 Å². The zero-order chi connectivity index (χ0) is 14.7. The molecule has 102 valence electrons. The molecule has 1 atom stereocenters. The minimum Gasteiger partial charge on any atom is -0.366 e. The van der Waals surface area contributed by atoms with Gasteiger partial charge in [-0.2, -0.15) is 5.26 Å². The number of hydrogen-bond donors (Lipinski definition) is 1. The molecule has 0 radical (unpaired) electrons. The third-order valence-corrected chi connectivity index (χ3v) is 3.96. The first-order valence-corrected chi connectivity index (χ1v) is 7.33. The van der Waals surface area contributed by atoms with Gasteiger partial charge in [0.15, 0.2) is 0 Å². The average molecular weight is 338 g/mol. The fourth-order valence-electron chi connectivity index (χ4n) is 2.27. The average Bonchev–Trinajstić information content (AvgIpc) is 2.55. The molecule has 21 heavy (non-hydrogen) atoms. The number of nitrogens with zero attached hydrogens (tertiary/aromatic N) is 2. The number of benzene rings is 2. The van der Waals surface area contributed by atoms with E-state index in [0.717, 1.165) is 26.6 Å². The van der Waals surface area contributed by atoms with Gasteiger partial charge in [-0.25, -0.2) is 0 Å². The second kappa shape index (κ2) is 5.94. The number of para-hydroxylation sites is 1. The molecule has 2 aromatic carbocycles. The second-order valence-corrected chi connectivity index (χ2v) is 5.46. The molecule has 0 fully saturated rings. The highest BCUT2D eigenvalue weighted by atomic mass is 79.9. The Morgan fingerprint density at radius 2 is 1.86 bits per heavy atom. The van der Waals surface area contributed by atoms with E-state index in [4.69, 9.17) is 0 Å². The summed E-state index contributed by atoms with van der Waals surface area (Å²) in [5, 5.41) is 13.8. The highest BCUT2D eigenvalue weighted by Gasteiger charge is 2.15. The molecule has 0 bridgehead atoms. The van der Waals surface area contributed by atoms with Crippen LogP contribution in [0.3, 0.4) is 0 Å². The predicted octanol–water partition coefficient (Wildman–Crippen LogP) is 4.67. The van der Waals surface area contributed by atoms with Gasteiger partial charge in [-0.1, -0.05) is 46.3 Å². The van der Waals surface area contributed by atoms with E-state index < -0.39 is 6.04 Å². The lowest BCUT2D eigenvalue weighted by atomic mass is 10.0.